The van der Waals surface area contributed by atoms with E-state index in [1.165, 1.54) is 12.4 Å². The topological polar surface area (TPSA) is 120 Å². The van der Waals surface area contributed by atoms with Gasteiger partial charge in [0.2, 0.25) is 11.8 Å². The van der Waals surface area contributed by atoms with E-state index in [-0.39, 0.29) is 12.8 Å². The number of hydrogen-bond donors (Lipinski definition) is 2. The van der Waals surface area contributed by atoms with Crippen molar-refractivity contribution in [3.05, 3.63) is 119 Å². The minimum atomic E-state index is -0.411. The molecule has 0 aliphatic carbocycles. The second kappa shape index (κ2) is 16.7. The van der Waals surface area contributed by atoms with Gasteiger partial charge < -0.3 is 18.9 Å². The fourth-order valence-corrected chi connectivity index (χ4v) is 3.93. The van der Waals surface area contributed by atoms with Crippen LogP contribution in [-0.4, -0.2) is 38.5 Å². The van der Waals surface area contributed by atoms with E-state index in [4.69, 9.17) is 18.9 Å². The molecule has 0 aliphatic heterocycles. The van der Waals surface area contributed by atoms with Gasteiger partial charge in [-0.25, -0.2) is 10.9 Å². The number of ether oxygens (including phenoxy) is 4. The van der Waals surface area contributed by atoms with Gasteiger partial charge in [-0.15, -0.1) is 0 Å². The molecule has 0 aromatic heterocycles. The number of hydrogen-bond acceptors (Lipinski definition) is 8. The molecule has 44 heavy (non-hydrogen) atoms. The zero-order valence-corrected chi connectivity index (χ0v) is 24.6. The third kappa shape index (κ3) is 10.0. The quantitative estimate of drug-likeness (QED) is 0.143. The first kappa shape index (κ1) is 31.3. The summed E-state index contributed by atoms with van der Waals surface area (Å²) in [7, 11) is 3.11. The molecule has 0 unspecified atom stereocenters. The summed E-state index contributed by atoms with van der Waals surface area (Å²) in [5.74, 6) is 1.45. The average Bonchev–Trinajstić information content (AvgIpc) is 3.06. The fourth-order valence-electron chi connectivity index (χ4n) is 3.93. The van der Waals surface area contributed by atoms with E-state index in [0.29, 0.717) is 47.3 Å². The lowest BCUT2D eigenvalue weighted by atomic mass is 10.2. The van der Waals surface area contributed by atoms with E-state index >= 15 is 0 Å². The van der Waals surface area contributed by atoms with Crippen LogP contribution in [0.15, 0.2) is 107 Å². The first-order valence-corrected chi connectivity index (χ1v) is 13.9. The molecular weight excluding hydrogens is 560 g/mol. The lowest BCUT2D eigenvalue weighted by Crippen LogP contribution is -2.22. The number of amides is 2. The third-order valence-electron chi connectivity index (χ3n) is 6.23. The summed E-state index contributed by atoms with van der Waals surface area (Å²) in [5, 5.41) is 7.94. The lowest BCUT2D eigenvalue weighted by Gasteiger charge is -2.11. The van der Waals surface area contributed by atoms with E-state index in [9.17, 15) is 9.59 Å². The van der Waals surface area contributed by atoms with Crippen molar-refractivity contribution in [1.29, 1.82) is 0 Å². The summed E-state index contributed by atoms with van der Waals surface area (Å²) in [5.41, 5.74) is 8.33. The Hall–Kier alpha value is -5.64. The first-order valence-electron chi connectivity index (χ1n) is 13.9. The number of carbonyl (C=O) groups is 2. The Morgan fingerprint density at radius 3 is 1.39 bits per heavy atom. The predicted octanol–water partition coefficient (Wildman–Crippen LogP) is 5.24. The molecule has 0 saturated carbocycles. The summed E-state index contributed by atoms with van der Waals surface area (Å²) >= 11 is 0. The largest absolute Gasteiger partial charge is 0.493 e. The predicted molar refractivity (Wildman–Crippen MR) is 168 cm³/mol. The van der Waals surface area contributed by atoms with Crippen LogP contribution in [0.25, 0.3) is 0 Å². The Bertz CT molecular complexity index is 1460. The SMILES string of the molecule is COc1cc(C=NNC(=O)CCC(=O)NN=Cc2ccc(OCc3ccccc3)c(OC)c2)ccc1OCc1ccccc1. The van der Waals surface area contributed by atoms with Crippen molar-refractivity contribution in [2.24, 2.45) is 10.2 Å². The van der Waals surface area contributed by atoms with Gasteiger partial charge in [-0.1, -0.05) is 60.7 Å². The van der Waals surface area contributed by atoms with Gasteiger partial charge in [0.15, 0.2) is 23.0 Å². The van der Waals surface area contributed by atoms with Gasteiger partial charge in [0, 0.05) is 12.8 Å². The van der Waals surface area contributed by atoms with Crippen molar-refractivity contribution >= 4 is 24.2 Å². The molecule has 4 rings (SSSR count). The monoisotopic (exact) mass is 594 g/mol. The second-order valence-corrected chi connectivity index (χ2v) is 9.46. The molecule has 0 heterocycles. The van der Waals surface area contributed by atoms with E-state index in [1.807, 2.05) is 60.7 Å². The van der Waals surface area contributed by atoms with Crippen LogP contribution in [-0.2, 0) is 22.8 Å². The van der Waals surface area contributed by atoms with Crippen LogP contribution in [0.5, 0.6) is 23.0 Å². The Morgan fingerprint density at radius 1 is 0.591 bits per heavy atom. The van der Waals surface area contributed by atoms with Gasteiger partial charge in [0.25, 0.3) is 0 Å². The molecule has 0 aliphatic rings. The van der Waals surface area contributed by atoms with Gasteiger partial charge in [-0.3, -0.25) is 9.59 Å². The normalized spacial score (nSPS) is 10.9. The molecule has 0 fully saturated rings. The van der Waals surface area contributed by atoms with E-state index < -0.39 is 11.8 Å². The molecule has 0 saturated heterocycles. The molecule has 10 heteroatoms. The Kier molecular flexibility index (Phi) is 11.9. The van der Waals surface area contributed by atoms with Crippen LogP contribution in [0, 0.1) is 0 Å². The maximum atomic E-state index is 12.2. The van der Waals surface area contributed by atoms with Gasteiger partial charge in [0.05, 0.1) is 26.6 Å². The fraction of sp³-hybridized carbons (Fsp3) is 0.176. The number of rotatable bonds is 15. The highest BCUT2D eigenvalue weighted by molar-refractivity contribution is 5.87. The van der Waals surface area contributed by atoms with Crippen LogP contribution in [0.4, 0.5) is 0 Å². The second-order valence-electron chi connectivity index (χ2n) is 9.46. The van der Waals surface area contributed by atoms with Gasteiger partial charge in [-0.2, -0.15) is 10.2 Å². The number of carbonyl (C=O) groups excluding carboxylic acids is 2. The molecule has 4 aromatic carbocycles. The summed E-state index contributed by atoms with van der Waals surface area (Å²) in [6, 6.07) is 30.3. The summed E-state index contributed by atoms with van der Waals surface area (Å²) < 4.78 is 22.6. The molecule has 226 valence electrons. The van der Waals surface area contributed by atoms with E-state index in [1.54, 1.807) is 50.6 Å². The van der Waals surface area contributed by atoms with Crippen LogP contribution in [0.3, 0.4) is 0 Å². The van der Waals surface area contributed by atoms with Crippen molar-refractivity contribution in [2.75, 3.05) is 14.2 Å². The Morgan fingerprint density at radius 2 is 1.00 bits per heavy atom. The molecule has 0 bridgehead atoms. The Labute approximate surface area is 256 Å². The lowest BCUT2D eigenvalue weighted by molar-refractivity contribution is -0.126. The average molecular weight is 595 g/mol. The van der Waals surface area contributed by atoms with Crippen molar-refractivity contribution in [3.8, 4) is 23.0 Å². The zero-order valence-electron chi connectivity index (χ0n) is 24.6. The minimum absolute atomic E-state index is 0.0600. The molecule has 10 nitrogen and oxygen atoms in total. The molecule has 0 atom stereocenters. The highest BCUT2D eigenvalue weighted by atomic mass is 16.5. The van der Waals surface area contributed by atoms with Crippen LogP contribution >= 0.6 is 0 Å². The van der Waals surface area contributed by atoms with Gasteiger partial charge >= 0.3 is 0 Å². The molecule has 2 amide bonds. The minimum Gasteiger partial charge on any atom is -0.493 e. The smallest absolute Gasteiger partial charge is 0.240 e. The number of hydrazone groups is 2. The Balaban J connectivity index is 1.18. The van der Waals surface area contributed by atoms with Crippen molar-refractivity contribution in [1.82, 2.24) is 10.9 Å². The number of nitrogens with one attached hydrogen (secondary N) is 2. The highest BCUT2D eigenvalue weighted by Gasteiger charge is 2.08. The molecule has 0 radical (unpaired) electrons. The van der Waals surface area contributed by atoms with Gasteiger partial charge in [-0.05, 0) is 58.7 Å². The van der Waals surface area contributed by atoms with Crippen LogP contribution in [0.1, 0.15) is 35.1 Å². The first-order chi connectivity index (χ1) is 21.5. The summed E-state index contributed by atoms with van der Waals surface area (Å²) in [6.07, 6.45) is 2.85. The number of nitrogens with zero attached hydrogens (tertiary/aromatic N) is 2. The maximum absolute atomic E-state index is 12.2. The molecule has 4 aromatic rings. The third-order valence-corrected chi connectivity index (χ3v) is 6.23. The van der Waals surface area contributed by atoms with Gasteiger partial charge in [0.1, 0.15) is 13.2 Å². The molecule has 0 spiro atoms. The van der Waals surface area contributed by atoms with Crippen molar-refractivity contribution in [2.45, 2.75) is 26.1 Å². The maximum Gasteiger partial charge on any atom is 0.240 e. The van der Waals surface area contributed by atoms with Crippen molar-refractivity contribution in [3.63, 3.8) is 0 Å². The summed E-state index contributed by atoms with van der Waals surface area (Å²) in [6.45, 7) is 0.818. The number of benzene rings is 4. The number of methoxy groups -OCH3 is 2. The van der Waals surface area contributed by atoms with Crippen molar-refractivity contribution < 1.29 is 28.5 Å². The van der Waals surface area contributed by atoms with Crippen LogP contribution < -0.4 is 29.8 Å². The van der Waals surface area contributed by atoms with E-state index in [2.05, 4.69) is 21.1 Å². The van der Waals surface area contributed by atoms with E-state index in [0.717, 1.165) is 11.1 Å². The zero-order chi connectivity index (χ0) is 31.0. The molecular formula is C34H34N4O6. The van der Waals surface area contributed by atoms with Crippen LogP contribution in [0.2, 0.25) is 0 Å². The highest BCUT2D eigenvalue weighted by Crippen LogP contribution is 2.29. The summed E-state index contributed by atoms with van der Waals surface area (Å²) in [4.78, 5) is 24.3. The standard InChI is InChI=1S/C34H34N4O6/c1-41-31-19-27(13-15-29(31)43-23-25-9-5-3-6-10-25)21-35-37-33(39)17-18-34(40)38-36-22-28-14-16-30(32(20-28)42-2)44-24-26-11-7-4-8-12-26/h3-16,19-22H,17-18,23-24H2,1-2H3,(H,37,39)(H,38,40). The molecule has 2 N–H and O–H groups in total.